The second-order valence-corrected chi connectivity index (χ2v) is 4.94. The molecule has 0 saturated carbocycles. The summed E-state index contributed by atoms with van der Waals surface area (Å²) in [6.07, 6.45) is 0.906. The molecule has 21 heavy (non-hydrogen) atoms. The normalized spacial score (nSPS) is 10.9. The molecule has 3 nitrogen and oxygen atoms in total. The third-order valence-corrected chi connectivity index (χ3v) is 3.22. The van der Waals surface area contributed by atoms with Crippen LogP contribution in [0.25, 0.3) is 0 Å². The van der Waals surface area contributed by atoms with Crippen molar-refractivity contribution in [3.05, 3.63) is 65.2 Å². The number of nitrogens with two attached hydrogens (primary N) is 1. The molecule has 2 aromatic carbocycles. The zero-order chi connectivity index (χ0) is 14.4. The van der Waals surface area contributed by atoms with E-state index in [1.807, 2.05) is 18.2 Å². The maximum absolute atomic E-state index is 5.90. The lowest BCUT2D eigenvalue weighted by Gasteiger charge is -2.07. The molecule has 0 unspecified atom stereocenters. The summed E-state index contributed by atoms with van der Waals surface area (Å²) < 4.78 is 0. The fraction of sp³-hybridized carbons (Fsp3) is 0.235. The van der Waals surface area contributed by atoms with E-state index >= 15 is 0 Å². The van der Waals surface area contributed by atoms with Gasteiger partial charge in [0.2, 0.25) is 0 Å². The van der Waals surface area contributed by atoms with Crippen molar-refractivity contribution in [3.8, 4) is 0 Å². The van der Waals surface area contributed by atoms with Crippen molar-refractivity contribution in [1.82, 2.24) is 0 Å². The van der Waals surface area contributed by atoms with Crippen molar-refractivity contribution >= 4 is 35.6 Å². The lowest BCUT2D eigenvalue weighted by Crippen LogP contribution is -2.23. The number of rotatable bonds is 4. The Labute approximate surface area is 143 Å². The van der Waals surface area contributed by atoms with Crippen LogP contribution in [0.2, 0.25) is 0 Å². The van der Waals surface area contributed by atoms with Gasteiger partial charge in [0.25, 0.3) is 0 Å². The highest BCUT2D eigenvalue weighted by Gasteiger charge is 1.98. The Morgan fingerprint density at radius 1 is 1.10 bits per heavy atom. The summed E-state index contributed by atoms with van der Waals surface area (Å²) in [5.41, 5.74) is 10.7. The standard InChI is InChI=1S/C17H21N3.HI/c1-13-6-5-9-16(12-13)20-17(18)19-11-10-15-8-4-3-7-14(15)2;/h3-9,12H,10-11H2,1-2H3,(H3,18,19,20);1H. The molecule has 0 fully saturated rings. The minimum Gasteiger partial charge on any atom is -0.370 e. The van der Waals surface area contributed by atoms with Crippen LogP contribution in [0, 0.1) is 13.8 Å². The molecule has 0 aliphatic rings. The minimum atomic E-state index is 0. The lowest BCUT2D eigenvalue weighted by atomic mass is 10.1. The smallest absolute Gasteiger partial charge is 0.193 e. The Balaban J connectivity index is 0.00000220. The summed E-state index contributed by atoms with van der Waals surface area (Å²) in [4.78, 5) is 4.37. The zero-order valence-corrected chi connectivity index (χ0v) is 14.8. The Morgan fingerprint density at radius 3 is 2.57 bits per heavy atom. The molecular formula is C17H22IN3. The van der Waals surface area contributed by atoms with Crippen LogP contribution >= 0.6 is 24.0 Å². The molecule has 0 amide bonds. The number of anilines is 1. The van der Waals surface area contributed by atoms with E-state index < -0.39 is 0 Å². The van der Waals surface area contributed by atoms with E-state index in [9.17, 15) is 0 Å². The van der Waals surface area contributed by atoms with Gasteiger partial charge in [-0.05, 0) is 49.1 Å². The van der Waals surface area contributed by atoms with Crippen LogP contribution in [-0.4, -0.2) is 12.5 Å². The largest absolute Gasteiger partial charge is 0.370 e. The molecule has 0 saturated heterocycles. The summed E-state index contributed by atoms with van der Waals surface area (Å²) in [7, 11) is 0. The predicted molar refractivity (Wildman–Crippen MR) is 102 cm³/mol. The highest BCUT2D eigenvalue weighted by Crippen LogP contribution is 2.09. The molecule has 0 radical (unpaired) electrons. The quantitative estimate of drug-likeness (QED) is 0.469. The van der Waals surface area contributed by atoms with Crippen molar-refractivity contribution in [2.24, 2.45) is 10.7 Å². The Hall–Kier alpha value is -1.56. The number of hydrogen-bond acceptors (Lipinski definition) is 1. The highest BCUT2D eigenvalue weighted by molar-refractivity contribution is 14.0. The molecule has 0 aliphatic heterocycles. The molecule has 0 aliphatic carbocycles. The van der Waals surface area contributed by atoms with Gasteiger partial charge in [-0.15, -0.1) is 24.0 Å². The minimum absolute atomic E-state index is 0. The number of benzene rings is 2. The molecule has 112 valence electrons. The van der Waals surface area contributed by atoms with Crippen LogP contribution in [0.4, 0.5) is 5.69 Å². The second kappa shape index (κ2) is 8.67. The molecule has 4 heteroatoms. The Kier molecular flexibility index (Phi) is 7.22. The molecule has 2 rings (SSSR count). The molecule has 0 heterocycles. The monoisotopic (exact) mass is 395 g/mol. The van der Waals surface area contributed by atoms with Gasteiger partial charge in [0.1, 0.15) is 0 Å². The van der Waals surface area contributed by atoms with Crippen molar-refractivity contribution < 1.29 is 0 Å². The van der Waals surface area contributed by atoms with E-state index in [1.165, 1.54) is 16.7 Å². The number of aryl methyl sites for hydroxylation is 2. The first kappa shape index (κ1) is 17.5. The summed E-state index contributed by atoms with van der Waals surface area (Å²) in [5.74, 6) is 0.462. The predicted octanol–water partition coefficient (Wildman–Crippen LogP) is 3.89. The van der Waals surface area contributed by atoms with Crippen LogP contribution in [0.3, 0.4) is 0 Å². The second-order valence-electron chi connectivity index (χ2n) is 4.94. The van der Waals surface area contributed by atoms with Crippen molar-refractivity contribution in [1.29, 1.82) is 0 Å². The SMILES string of the molecule is Cc1cccc(NC(N)=NCCc2ccccc2C)c1.I. The average Bonchev–Trinajstić information content (AvgIpc) is 2.41. The number of nitrogens with zero attached hydrogens (tertiary/aromatic N) is 1. The van der Waals surface area contributed by atoms with E-state index in [0.717, 1.165) is 12.1 Å². The summed E-state index contributed by atoms with van der Waals surface area (Å²) >= 11 is 0. The third-order valence-electron chi connectivity index (χ3n) is 3.22. The van der Waals surface area contributed by atoms with Crippen molar-refractivity contribution in [2.75, 3.05) is 11.9 Å². The van der Waals surface area contributed by atoms with Crippen LogP contribution in [-0.2, 0) is 6.42 Å². The zero-order valence-electron chi connectivity index (χ0n) is 12.5. The fourth-order valence-electron chi connectivity index (χ4n) is 2.10. The maximum Gasteiger partial charge on any atom is 0.193 e. The van der Waals surface area contributed by atoms with Gasteiger partial charge < -0.3 is 11.1 Å². The molecular weight excluding hydrogens is 373 g/mol. The van der Waals surface area contributed by atoms with E-state index in [1.54, 1.807) is 0 Å². The van der Waals surface area contributed by atoms with Gasteiger partial charge >= 0.3 is 0 Å². The number of guanidine groups is 1. The number of halogens is 1. The summed E-state index contributed by atoms with van der Waals surface area (Å²) in [5, 5.41) is 3.11. The van der Waals surface area contributed by atoms with Gasteiger partial charge in [0.15, 0.2) is 5.96 Å². The van der Waals surface area contributed by atoms with Gasteiger partial charge in [-0.3, -0.25) is 4.99 Å². The van der Waals surface area contributed by atoms with Crippen LogP contribution < -0.4 is 11.1 Å². The van der Waals surface area contributed by atoms with Crippen LogP contribution in [0.15, 0.2) is 53.5 Å². The highest BCUT2D eigenvalue weighted by atomic mass is 127. The van der Waals surface area contributed by atoms with Gasteiger partial charge in [0, 0.05) is 12.2 Å². The molecule has 0 aromatic heterocycles. The lowest BCUT2D eigenvalue weighted by molar-refractivity contribution is 0.954. The molecule has 0 bridgehead atoms. The van der Waals surface area contributed by atoms with Crippen LogP contribution in [0.5, 0.6) is 0 Å². The van der Waals surface area contributed by atoms with Gasteiger partial charge in [-0.2, -0.15) is 0 Å². The summed E-state index contributed by atoms with van der Waals surface area (Å²) in [6, 6.07) is 16.4. The Bertz CT molecular complexity index is 608. The maximum atomic E-state index is 5.90. The van der Waals surface area contributed by atoms with E-state index in [-0.39, 0.29) is 24.0 Å². The van der Waals surface area contributed by atoms with E-state index in [2.05, 4.69) is 54.5 Å². The average molecular weight is 395 g/mol. The summed E-state index contributed by atoms with van der Waals surface area (Å²) in [6.45, 7) is 4.86. The first-order chi connectivity index (χ1) is 9.65. The third kappa shape index (κ3) is 5.75. The molecule has 0 spiro atoms. The molecule has 0 atom stereocenters. The van der Waals surface area contributed by atoms with Gasteiger partial charge in [0.05, 0.1) is 0 Å². The van der Waals surface area contributed by atoms with Crippen molar-refractivity contribution in [2.45, 2.75) is 20.3 Å². The number of nitrogens with one attached hydrogen (secondary N) is 1. The first-order valence-electron chi connectivity index (χ1n) is 6.83. The van der Waals surface area contributed by atoms with Gasteiger partial charge in [-0.1, -0.05) is 36.4 Å². The molecule has 3 N–H and O–H groups in total. The molecule has 2 aromatic rings. The topological polar surface area (TPSA) is 50.4 Å². The fourth-order valence-corrected chi connectivity index (χ4v) is 2.10. The Morgan fingerprint density at radius 2 is 1.86 bits per heavy atom. The van der Waals surface area contributed by atoms with Crippen molar-refractivity contribution in [3.63, 3.8) is 0 Å². The van der Waals surface area contributed by atoms with E-state index in [0.29, 0.717) is 12.5 Å². The first-order valence-corrected chi connectivity index (χ1v) is 6.83. The number of aliphatic imine (C=N–C) groups is 1. The van der Waals surface area contributed by atoms with E-state index in [4.69, 9.17) is 5.73 Å². The van der Waals surface area contributed by atoms with Gasteiger partial charge in [-0.25, -0.2) is 0 Å². The number of hydrogen-bond donors (Lipinski definition) is 2. The van der Waals surface area contributed by atoms with Crippen LogP contribution in [0.1, 0.15) is 16.7 Å².